The number of hydrogen-bond donors (Lipinski definition) is 1. The minimum absolute atomic E-state index is 0.469. The summed E-state index contributed by atoms with van der Waals surface area (Å²) in [6.07, 6.45) is 7.78. The molecule has 0 spiro atoms. The molecule has 0 aromatic carbocycles. The van der Waals surface area contributed by atoms with E-state index in [0.29, 0.717) is 17.8 Å². The maximum Gasteiger partial charge on any atom is 0.0151 e. The summed E-state index contributed by atoms with van der Waals surface area (Å²) >= 11 is 0. The van der Waals surface area contributed by atoms with E-state index in [0.717, 1.165) is 29.9 Å². The standard InChI is InChI=1S/C19H37N/c1-7-13(3)11-17(8-2)19(20)16(6)15(5)12-18-10-9-14(18)4/h13-18,20H,7-12H2,1-6H3. The van der Waals surface area contributed by atoms with Crippen molar-refractivity contribution >= 4 is 5.71 Å². The van der Waals surface area contributed by atoms with Crippen molar-refractivity contribution in [2.24, 2.45) is 35.5 Å². The predicted octanol–water partition coefficient (Wildman–Crippen LogP) is 6.18. The van der Waals surface area contributed by atoms with E-state index in [4.69, 9.17) is 5.41 Å². The van der Waals surface area contributed by atoms with Gasteiger partial charge in [-0.3, -0.25) is 0 Å². The van der Waals surface area contributed by atoms with Gasteiger partial charge in [-0.15, -0.1) is 0 Å². The van der Waals surface area contributed by atoms with E-state index in [-0.39, 0.29) is 0 Å². The quantitative estimate of drug-likeness (QED) is 0.487. The summed E-state index contributed by atoms with van der Waals surface area (Å²) in [6.45, 7) is 13.9. The lowest BCUT2D eigenvalue weighted by Crippen LogP contribution is -2.31. The molecule has 0 aromatic heterocycles. The van der Waals surface area contributed by atoms with Crippen LogP contribution in [0, 0.1) is 40.9 Å². The Morgan fingerprint density at radius 2 is 1.75 bits per heavy atom. The SMILES string of the molecule is CCC(C)CC(CC)C(=N)C(C)C(C)CC1CCC1C. The molecule has 0 amide bonds. The fourth-order valence-electron chi connectivity index (χ4n) is 3.61. The van der Waals surface area contributed by atoms with Crippen LogP contribution in [0.25, 0.3) is 0 Å². The second kappa shape index (κ2) is 8.20. The molecule has 6 unspecified atom stereocenters. The van der Waals surface area contributed by atoms with Crippen molar-refractivity contribution in [1.82, 2.24) is 0 Å². The monoisotopic (exact) mass is 279 g/mol. The van der Waals surface area contributed by atoms with Gasteiger partial charge in [0, 0.05) is 5.71 Å². The molecule has 0 saturated heterocycles. The molecule has 118 valence electrons. The van der Waals surface area contributed by atoms with Gasteiger partial charge in [-0.2, -0.15) is 0 Å². The van der Waals surface area contributed by atoms with Crippen molar-refractivity contribution in [1.29, 1.82) is 5.41 Å². The molecule has 1 heteroatoms. The van der Waals surface area contributed by atoms with Crippen molar-refractivity contribution in [2.75, 3.05) is 0 Å². The molecule has 0 radical (unpaired) electrons. The molecule has 0 aromatic rings. The van der Waals surface area contributed by atoms with E-state index in [1.165, 1.54) is 32.1 Å². The molecule has 1 aliphatic rings. The molecule has 6 atom stereocenters. The molecule has 0 bridgehead atoms. The summed E-state index contributed by atoms with van der Waals surface area (Å²) in [5.74, 6) is 4.30. The summed E-state index contributed by atoms with van der Waals surface area (Å²) in [5, 5.41) is 8.62. The Balaban J connectivity index is 2.50. The number of hydrogen-bond acceptors (Lipinski definition) is 1. The zero-order chi connectivity index (χ0) is 15.3. The van der Waals surface area contributed by atoms with E-state index < -0.39 is 0 Å². The van der Waals surface area contributed by atoms with Crippen LogP contribution < -0.4 is 0 Å². The summed E-state index contributed by atoms with van der Waals surface area (Å²) < 4.78 is 0. The Bertz CT molecular complexity index is 296. The summed E-state index contributed by atoms with van der Waals surface area (Å²) in [4.78, 5) is 0. The fourth-order valence-corrected chi connectivity index (χ4v) is 3.61. The minimum atomic E-state index is 0.469. The molecule has 1 fully saturated rings. The van der Waals surface area contributed by atoms with E-state index in [1.54, 1.807) is 0 Å². The van der Waals surface area contributed by atoms with E-state index >= 15 is 0 Å². The largest absolute Gasteiger partial charge is 0.309 e. The molecule has 0 aliphatic heterocycles. The first-order valence-electron chi connectivity index (χ1n) is 8.98. The van der Waals surface area contributed by atoms with Crippen molar-refractivity contribution < 1.29 is 0 Å². The minimum Gasteiger partial charge on any atom is -0.309 e. The van der Waals surface area contributed by atoms with Gasteiger partial charge in [-0.25, -0.2) is 0 Å². The highest BCUT2D eigenvalue weighted by molar-refractivity contribution is 5.86. The highest BCUT2D eigenvalue weighted by atomic mass is 14.5. The van der Waals surface area contributed by atoms with Crippen LogP contribution in [0.1, 0.15) is 80.1 Å². The van der Waals surface area contributed by atoms with Crippen molar-refractivity contribution in [3.63, 3.8) is 0 Å². The third-order valence-corrected chi connectivity index (χ3v) is 6.13. The van der Waals surface area contributed by atoms with Crippen LogP contribution in [0.3, 0.4) is 0 Å². The van der Waals surface area contributed by atoms with Crippen molar-refractivity contribution in [3.05, 3.63) is 0 Å². The summed E-state index contributed by atoms with van der Waals surface area (Å²) in [6, 6.07) is 0. The second-order valence-electron chi connectivity index (χ2n) is 7.63. The zero-order valence-electron chi connectivity index (χ0n) is 14.7. The molecular formula is C19H37N. The molecule has 1 saturated carbocycles. The smallest absolute Gasteiger partial charge is 0.0151 e. The number of nitrogens with one attached hydrogen (secondary N) is 1. The van der Waals surface area contributed by atoms with Gasteiger partial charge in [0.05, 0.1) is 0 Å². The van der Waals surface area contributed by atoms with Crippen LogP contribution in [0.5, 0.6) is 0 Å². The van der Waals surface area contributed by atoms with Gasteiger partial charge in [-0.1, -0.05) is 54.4 Å². The normalized spacial score (nSPS) is 28.3. The maximum absolute atomic E-state index is 8.62. The van der Waals surface area contributed by atoms with Crippen LogP contribution in [0.2, 0.25) is 0 Å². The second-order valence-corrected chi connectivity index (χ2v) is 7.63. The zero-order valence-corrected chi connectivity index (χ0v) is 14.7. The van der Waals surface area contributed by atoms with Crippen molar-refractivity contribution in [2.45, 2.75) is 80.1 Å². The Labute approximate surface area is 127 Å². The van der Waals surface area contributed by atoms with Crippen LogP contribution >= 0.6 is 0 Å². The third kappa shape index (κ3) is 4.60. The highest BCUT2D eigenvalue weighted by Gasteiger charge is 2.31. The van der Waals surface area contributed by atoms with E-state index in [2.05, 4.69) is 41.5 Å². The van der Waals surface area contributed by atoms with Crippen LogP contribution in [0.4, 0.5) is 0 Å². The average Bonchev–Trinajstić information content (AvgIpc) is 2.46. The molecule has 1 nitrogen and oxygen atoms in total. The van der Waals surface area contributed by atoms with Crippen LogP contribution in [-0.4, -0.2) is 5.71 Å². The lowest BCUT2D eigenvalue weighted by atomic mass is 9.68. The summed E-state index contributed by atoms with van der Waals surface area (Å²) in [5.41, 5.74) is 1.03. The molecule has 1 aliphatic carbocycles. The molecule has 0 heterocycles. The lowest BCUT2D eigenvalue weighted by Gasteiger charge is -2.38. The lowest BCUT2D eigenvalue weighted by molar-refractivity contribution is 0.152. The molecule has 20 heavy (non-hydrogen) atoms. The molecule has 1 rings (SSSR count). The van der Waals surface area contributed by atoms with Gasteiger partial charge in [0.1, 0.15) is 0 Å². The molecule has 1 N–H and O–H groups in total. The third-order valence-electron chi connectivity index (χ3n) is 6.13. The Kier molecular flexibility index (Phi) is 7.26. The van der Waals surface area contributed by atoms with Crippen LogP contribution in [0.15, 0.2) is 0 Å². The fraction of sp³-hybridized carbons (Fsp3) is 0.947. The van der Waals surface area contributed by atoms with Crippen LogP contribution in [-0.2, 0) is 0 Å². The average molecular weight is 280 g/mol. The first-order valence-corrected chi connectivity index (χ1v) is 8.98. The highest BCUT2D eigenvalue weighted by Crippen LogP contribution is 2.40. The van der Waals surface area contributed by atoms with Gasteiger partial charge in [-0.05, 0) is 61.2 Å². The van der Waals surface area contributed by atoms with Gasteiger partial charge in [0.2, 0.25) is 0 Å². The van der Waals surface area contributed by atoms with Crippen molar-refractivity contribution in [3.8, 4) is 0 Å². The predicted molar refractivity (Wildman–Crippen MR) is 90.4 cm³/mol. The maximum atomic E-state index is 8.62. The Morgan fingerprint density at radius 3 is 2.15 bits per heavy atom. The van der Waals surface area contributed by atoms with E-state index in [9.17, 15) is 0 Å². The molecular weight excluding hydrogens is 242 g/mol. The first kappa shape index (κ1) is 17.7. The van der Waals surface area contributed by atoms with E-state index in [1.807, 2.05) is 0 Å². The van der Waals surface area contributed by atoms with Gasteiger partial charge >= 0.3 is 0 Å². The summed E-state index contributed by atoms with van der Waals surface area (Å²) in [7, 11) is 0. The number of rotatable bonds is 9. The Hall–Kier alpha value is -0.330. The Morgan fingerprint density at radius 1 is 1.10 bits per heavy atom. The van der Waals surface area contributed by atoms with Gasteiger partial charge in [0.25, 0.3) is 0 Å². The first-order chi connectivity index (χ1) is 9.40. The van der Waals surface area contributed by atoms with Gasteiger partial charge in [0.15, 0.2) is 0 Å². The topological polar surface area (TPSA) is 23.9 Å². The van der Waals surface area contributed by atoms with Gasteiger partial charge < -0.3 is 5.41 Å².